The SMILES string of the molecule is CCCCCCCCCCCC(=O)OC(=O)C(C)(C)C. The second-order valence-electron chi connectivity index (χ2n) is 6.59. The Morgan fingerprint density at radius 1 is 0.800 bits per heavy atom. The van der Waals surface area contributed by atoms with Gasteiger partial charge in [0.25, 0.3) is 0 Å². The van der Waals surface area contributed by atoms with Crippen LogP contribution in [0.3, 0.4) is 0 Å². The first kappa shape index (κ1) is 19.1. The predicted octanol–water partition coefficient (Wildman–Crippen LogP) is 5.02. The summed E-state index contributed by atoms with van der Waals surface area (Å²) in [5, 5.41) is 0. The van der Waals surface area contributed by atoms with Gasteiger partial charge in [-0.3, -0.25) is 9.59 Å². The molecule has 3 nitrogen and oxygen atoms in total. The Hall–Kier alpha value is -0.860. The molecule has 0 radical (unpaired) electrons. The van der Waals surface area contributed by atoms with Crippen LogP contribution in [-0.2, 0) is 14.3 Å². The normalized spacial score (nSPS) is 11.4. The van der Waals surface area contributed by atoms with Gasteiger partial charge in [-0.1, -0.05) is 58.3 Å². The highest BCUT2D eigenvalue weighted by atomic mass is 16.6. The minimum atomic E-state index is -0.603. The van der Waals surface area contributed by atoms with Crippen molar-refractivity contribution in [3.63, 3.8) is 0 Å². The lowest BCUT2D eigenvalue weighted by molar-refractivity contribution is -0.165. The molecule has 0 unspecified atom stereocenters. The van der Waals surface area contributed by atoms with Crippen LogP contribution in [0, 0.1) is 5.41 Å². The van der Waals surface area contributed by atoms with E-state index in [9.17, 15) is 9.59 Å². The Bertz CT molecular complexity index is 276. The largest absolute Gasteiger partial charge is 0.393 e. The van der Waals surface area contributed by atoms with Crippen molar-refractivity contribution in [3.8, 4) is 0 Å². The monoisotopic (exact) mass is 284 g/mol. The van der Waals surface area contributed by atoms with Crippen molar-refractivity contribution in [2.75, 3.05) is 0 Å². The number of hydrogen-bond acceptors (Lipinski definition) is 3. The average Bonchev–Trinajstić information content (AvgIpc) is 2.35. The zero-order valence-corrected chi connectivity index (χ0v) is 13.8. The van der Waals surface area contributed by atoms with E-state index >= 15 is 0 Å². The lowest BCUT2D eigenvalue weighted by atomic mass is 9.97. The molecular weight excluding hydrogens is 252 g/mol. The lowest BCUT2D eigenvalue weighted by Crippen LogP contribution is -2.25. The third kappa shape index (κ3) is 11.0. The molecule has 118 valence electrons. The minimum absolute atomic E-state index is 0.359. The molecule has 0 aliphatic heterocycles. The van der Waals surface area contributed by atoms with Crippen molar-refractivity contribution in [2.24, 2.45) is 5.41 Å². The molecule has 0 atom stereocenters. The Balaban J connectivity index is 3.43. The highest BCUT2D eigenvalue weighted by molar-refractivity contribution is 5.88. The molecule has 3 heteroatoms. The Labute approximate surface area is 124 Å². The van der Waals surface area contributed by atoms with E-state index in [1.807, 2.05) is 0 Å². The van der Waals surface area contributed by atoms with Gasteiger partial charge in [-0.25, -0.2) is 0 Å². The number of carbonyl (C=O) groups is 2. The van der Waals surface area contributed by atoms with Crippen molar-refractivity contribution < 1.29 is 14.3 Å². The van der Waals surface area contributed by atoms with Gasteiger partial charge in [0.15, 0.2) is 0 Å². The summed E-state index contributed by atoms with van der Waals surface area (Å²) in [6.07, 6.45) is 11.3. The zero-order chi connectivity index (χ0) is 15.4. The van der Waals surface area contributed by atoms with Crippen LogP contribution < -0.4 is 0 Å². The molecule has 0 bridgehead atoms. The number of unbranched alkanes of at least 4 members (excludes halogenated alkanes) is 8. The predicted molar refractivity (Wildman–Crippen MR) is 82.4 cm³/mol. The van der Waals surface area contributed by atoms with Gasteiger partial charge < -0.3 is 4.74 Å². The van der Waals surface area contributed by atoms with Gasteiger partial charge in [0.2, 0.25) is 0 Å². The highest BCUT2D eigenvalue weighted by Gasteiger charge is 2.25. The van der Waals surface area contributed by atoms with Crippen LogP contribution in [0.4, 0.5) is 0 Å². The Morgan fingerprint density at radius 2 is 1.25 bits per heavy atom. The van der Waals surface area contributed by atoms with Crippen LogP contribution in [0.5, 0.6) is 0 Å². The summed E-state index contributed by atoms with van der Waals surface area (Å²) in [6, 6.07) is 0. The van der Waals surface area contributed by atoms with Crippen molar-refractivity contribution in [2.45, 2.75) is 91.9 Å². The molecule has 0 spiro atoms. The standard InChI is InChI=1S/C17H32O3/c1-5-6-7-8-9-10-11-12-13-14-15(18)20-16(19)17(2,3)4/h5-14H2,1-4H3. The Morgan fingerprint density at radius 3 is 1.70 bits per heavy atom. The van der Waals surface area contributed by atoms with E-state index in [4.69, 9.17) is 4.74 Å². The number of ether oxygens (including phenoxy) is 1. The first-order valence-electron chi connectivity index (χ1n) is 8.13. The maximum atomic E-state index is 11.5. The van der Waals surface area contributed by atoms with Gasteiger partial charge in [0.1, 0.15) is 0 Å². The first-order chi connectivity index (χ1) is 9.38. The summed E-state index contributed by atoms with van der Waals surface area (Å²) >= 11 is 0. The van der Waals surface area contributed by atoms with Gasteiger partial charge >= 0.3 is 11.9 Å². The fourth-order valence-corrected chi connectivity index (χ4v) is 1.89. The molecule has 0 aromatic rings. The molecule has 0 heterocycles. The molecule has 0 fully saturated rings. The maximum absolute atomic E-state index is 11.5. The molecule has 0 aliphatic rings. The summed E-state index contributed by atoms with van der Waals surface area (Å²) in [5.41, 5.74) is -0.603. The van der Waals surface area contributed by atoms with Crippen LogP contribution in [0.2, 0.25) is 0 Å². The summed E-state index contributed by atoms with van der Waals surface area (Å²) in [6.45, 7) is 7.48. The smallest absolute Gasteiger partial charge is 0.318 e. The van der Waals surface area contributed by atoms with E-state index in [0.29, 0.717) is 6.42 Å². The number of esters is 2. The second kappa shape index (κ2) is 10.9. The van der Waals surface area contributed by atoms with Gasteiger partial charge in [-0.2, -0.15) is 0 Å². The molecule has 0 rings (SSSR count). The van der Waals surface area contributed by atoms with E-state index in [-0.39, 0.29) is 5.97 Å². The van der Waals surface area contributed by atoms with Gasteiger partial charge in [-0.15, -0.1) is 0 Å². The van der Waals surface area contributed by atoms with Gasteiger partial charge in [0.05, 0.1) is 5.41 Å². The molecular formula is C17H32O3. The molecule has 0 saturated heterocycles. The third-order valence-corrected chi connectivity index (χ3v) is 3.30. The van der Waals surface area contributed by atoms with E-state index in [1.54, 1.807) is 20.8 Å². The molecule has 0 aliphatic carbocycles. The lowest BCUT2D eigenvalue weighted by Gasteiger charge is -2.15. The molecule has 0 amide bonds. The van der Waals surface area contributed by atoms with Crippen LogP contribution in [0.1, 0.15) is 91.9 Å². The Kier molecular flexibility index (Phi) is 10.4. The van der Waals surface area contributed by atoms with Gasteiger partial charge in [-0.05, 0) is 27.2 Å². The van der Waals surface area contributed by atoms with Crippen molar-refractivity contribution in [3.05, 3.63) is 0 Å². The van der Waals surface area contributed by atoms with E-state index in [1.165, 1.54) is 44.9 Å². The summed E-state index contributed by atoms with van der Waals surface area (Å²) in [4.78, 5) is 23.0. The van der Waals surface area contributed by atoms with E-state index in [0.717, 1.165) is 12.8 Å². The second-order valence-corrected chi connectivity index (χ2v) is 6.59. The fourth-order valence-electron chi connectivity index (χ4n) is 1.89. The summed E-state index contributed by atoms with van der Waals surface area (Å²) < 4.78 is 4.81. The van der Waals surface area contributed by atoms with Crippen LogP contribution in [0.25, 0.3) is 0 Å². The molecule has 20 heavy (non-hydrogen) atoms. The average molecular weight is 284 g/mol. The van der Waals surface area contributed by atoms with Crippen LogP contribution in [-0.4, -0.2) is 11.9 Å². The van der Waals surface area contributed by atoms with Crippen molar-refractivity contribution >= 4 is 11.9 Å². The number of hydrogen-bond donors (Lipinski definition) is 0. The van der Waals surface area contributed by atoms with Gasteiger partial charge in [0, 0.05) is 6.42 Å². The molecule has 0 aromatic heterocycles. The summed E-state index contributed by atoms with van der Waals surface area (Å²) in [7, 11) is 0. The number of rotatable bonds is 10. The number of carbonyl (C=O) groups excluding carboxylic acids is 2. The maximum Gasteiger partial charge on any atom is 0.318 e. The van der Waals surface area contributed by atoms with Crippen molar-refractivity contribution in [1.82, 2.24) is 0 Å². The first-order valence-corrected chi connectivity index (χ1v) is 8.13. The molecule has 0 N–H and O–H groups in total. The fraction of sp³-hybridized carbons (Fsp3) is 0.882. The summed E-state index contributed by atoms with van der Waals surface area (Å²) in [5.74, 6) is -0.814. The third-order valence-electron chi connectivity index (χ3n) is 3.30. The van der Waals surface area contributed by atoms with Crippen molar-refractivity contribution in [1.29, 1.82) is 0 Å². The minimum Gasteiger partial charge on any atom is -0.393 e. The topological polar surface area (TPSA) is 43.4 Å². The molecule has 0 aromatic carbocycles. The van der Waals surface area contributed by atoms with E-state index < -0.39 is 11.4 Å². The van der Waals surface area contributed by atoms with Crippen LogP contribution in [0.15, 0.2) is 0 Å². The van der Waals surface area contributed by atoms with E-state index in [2.05, 4.69) is 6.92 Å². The zero-order valence-electron chi connectivity index (χ0n) is 13.8. The highest BCUT2D eigenvalue weighted by Crippen LogP contribution is 2.16. The molecule has 0 saturated carbocycles. The van der Waals surface area contributed by atoms with Crippen LogP contribution >= 0.6 is 0 Å². The quantitative estimate of drug-likeness (QED) is 0.321.